The summed E-state index contributed by atoms with van der Waals surface area (Å²) in [6.07, 6.45) is 54.3. The first kappa shape index (κ1) is 94.1. The number of esters is 4. The third kappa shape index (κ3) is 69.2. The lowest BCUT2D eigenvalue weighted by atomic mass is 9.99. The van der Waals surface area contributed by atoms with E-state index in [9.17, 15) is 43.2 Å². The fourth-order valence-corrected chi connectivity index (χ4v) is 13.3. The van der Waals surface area contributed by atoms with Crippen molar-refractivity contribution in [3.05, 3.63) is 0 Å². The molecule has 0 bridgehead atoms. The molecule has 0 heterocycles. The highest BCUT2D eigenvalue weighted by molar-refractivity contribution is 7.47. The number of phosphoric ester groups is 2. The van der Waals surface area contributed by atoms with E-state index >= 15 is 0 Å². The predicted octanol–water partition coefficient (Wildman–Crippen LogP) is 22.6. The molecule has 0 saturated carbocycles. The summed E-state index contributed by atoms with van der Waals surface area (Å²) in [6, 6.07) is 0. The Morgan fingerprint density at radius 3 is 0.792 bits per heavy atom. The lowest BCUT2D eigenvalue weighted by Crippen LogP contribution is -2.30. The van der Waals surface area contributed by atoms with Crippen LogP contribution in [0.25, 0.3) is 0 Å². The average Bonchev–Trinajstić information content (AvgIpc) is 1.63. The van der Waals surface area contributed by atoms with Crippen molar-refractivity contribution >= 4 is 39.5 Å². The molecule has 0 aliphatic heterocycles. The highest BCUT2D eigenvalue weighted by Gasteiger charge is 2.30. The van der Waals surface area contributed by atoms with E-state index in [2.05, 4.69) is 48.5 Å². The molecule has 0 amide bonds. The molecule has 0 aromatic heterocycles. The molecule has 96 heavy (non-hydrogen) atoms. The molecule has 0 fully saturated rings. The Morgan fingerprint density at radius 2 is 0.531 bits per heavy atom. The first-order valence-electron chi connectivity index (χ1n) is 39.9. The van der Waals surface area contributed by atoms with Gasteiger partial charge in [-0.15, -0.1) is 0 Å². The molecule has 0 spiro atoms. The van der Waals surface area contributed by atoms with Crippen LogP contribution in [0.4, 0.5) is 0 Å². The minimum absolute atomic E-state index is 0.105. The van der Waals surface area contributed by atoms with Crippen LogP contribution >= 0.6 is 15.6 Å². The molecule has 3 N–H and O–H groups in total. The summed E-state index contributed by atoms with van der Waals surface area (Å²) in [5, 5.41) is 10.6. The summed E-state index contributed by atoms with van der Waals surface area (Å²) in [6.45, 7) is 11.9. The van der Waals surface area contributed by atoms with Crippen LogP contribution in [0.3, 0.4) is 0 Å². The van der Waals surface area contributed by atoms with Crippen molar-refractivity contribution in [2.75, 3.05) is 39.6 Å². The number of carbonyl (C=O) groups excluding carboxylic acids is 4. The fourth-order valence-electron chi connectivity index (χ4n) is 11.7. The van der Waals surface area contributed by atoms with E-state index in [0.717, 1.165) is 120 Å². The zero-order valence-corrected chi connectivity index (χ0v) is 64.6. The van der Waals surface area contributed by atoms with Gasteiger partial charge in [-0.25, -0.2) is 9.13 Å². The number of hydrogen-bond acceptors (Lipinski definition) is 15. The summed E-state index contributed by atoms with van der Waals surface area (Å²) in [7, 11) is -9.91. The standard InChI is InChI=1S/C77H150O17P2/c1-8-10-11-12-34-44-51-58-74(79)87-64-72(93-77(82)61-54-47-40-33-27-26-29-36-42-49-56-69(5)6)66-91-95(83,84)89-62-71(78)63-90-96(85,86)92-67-73(65-88-75(80)59-52-45-38-31-25-21-22-28-35-41-48-55-68(3)4)94-76(81)60-53-46-39-32-24-20-18-16-14-13-15-17-19-23-30-37-43-50-57-70(7)9-2/h68-73,78H,8-67H2,1-7H3,(H,83,84)(H,85,86)/t70?,71-,72+,73+/m0/s1. The lowest BCUT2D eigenvalue weighted by molar-refractivity contribution is -0.161. The van der Waals surface area contributed by atoms with Gasteiger partial charge in [-0.2, -0.15) is 0 Å². The van der Waals surface area contributed by atoms with Crippen molar-refractivity contribution in [3.8, 4) is 0 Å². The summed E-state index contributed by atoms with van der Waals surface area (Å²) >= 11 is 0. The summed E-state index contributed by atoms with van der Waals surface area (Å²) in [5.74, 6) is 0.273. The SMILES string of the molecule is CCCCCCCCCC(=O)OC[C@H](COP(=O)(O)OC[C@H](O)COP(=O)(O)OC[C@@H](COC(=O)CCCCCCCCCCCCCC(C)C)OC(=O)CCCCCCCCCCCCCCCCCCCCC(C)CC)OC(=O)CCCCCCCCCCCCC(C)C. The second-order valence-corrected chi connectivity index (χ2v) is 31.8. The van der Waals surface area contributed by atoms with Gasteiger partial charge in [0, 0.05) is 25.7 Å². The number of aliphatic hydroxyl groups excluding tert-OH is 1. The third-order valence-electron chi connectivity index (χ3n) is 18.2. The first-order chi connectivity index (χ1) is 46.3. The van der Waals surface area contributed by atoms with Crippen LogP contribution < -0.4 is 0 Å². The van der Waals surface area contributed by atoms with Crippen molar-refractivity contribution < 1.29 is 80.2 Å². The summed E-state index contributed by atoms with van der Waals surface area (Å²) in [5.41, 5.74) is 0. The van der Waals surface area contributed by atoms with Crippen LogP contribution in [0, 0.1) is 17.8 Å². The zero-order valence-electron chi connectivity index (χ0n) is 62.8. The molecule has 3 unspecified atom stereocenters. The first-order valence-corrected chi connectivity index (χ1v) is 42.9. The predicted molar refractivity (Wildman–Crippen MR) is 391 cm³/mol. The number of rotatable bonds is 75. The Balaban J connectivity index is 5.16. The minimum Gasteiger partial charge on any atom is -0.462 e. The summed E-state index contributed by atoms with van der Waals surface area (Å²) < 4.78 is 68.4. The van der Waals surface area contributed by atoms with E-state index < -0.39 is 97.5 Å². The van der Waals surface area contributed by atoms with E-state index in [0.29, 0.717) is 25.7 Å². The molecule has 0 rings (SSSR count). The maximum atomic E-state index is 13.1. The van der Waals surface area contributed by atoms with Crippen LogP contribution in [-0.4, -0.2) is 96.7 Å². The number of aliphatic hydroxyl groups is 1. The molecule has 0 saturated heterocycles. The van der Waals surface area contributed by atoms with Gasteiger partial charge < -0.3 is 33.8 Å². The van der Waals surface area contributed by atoms with E-state index in [4.69, 9.17) is 37.0 Å². The smallest absolute Gasteiger partial charge is 0.462 e. The Hall–Kier alpha value is -1.94. The van der Waals surface area contributed by atoms with Crippen LogP contribution in [0.15, 0.2) is 0 Å². The largest absolute Gasteiger partial charge is 0.472 e. The van der Waals surface area contributed by atoms with Crippen molar-refractivity contribution in [3.63, 3.8) is 0 Å². The second-order valence-electron chi connectivity index (χ2n) is 28.9. The zero-order chi connectivity index (χ0) is 70.9. The molecule has 19 heteroatoms. The molecule has 570 valence electrons. The van der Waals surface area contributed by atoms with Gasteiger partial charge in [-0.3, -0.25) is 37.3 Å². The summed E-state index contributed by atoms with van der Waals surface area (Å²) in [4.78, 5) is 72.7. The number of carbonyl (C=O) groups is 4. The van der Waals surface area contributed by atoms with Crippen molar-refractivity contribution in [1.29, 1.82) is 0 Å². The number of unbranched alkanes of at least 4 members (excludes halogenated alkanes) is 42. The van der Waals surface area contributed by atoms with Crippen LogP contribution in [0.1, 0.15) is 395 Å². The highest BCUT2D eigenvalue weighted by atomic mass is 31.2. The van der Waals surface area contributed by atoms with Gasteiger partial charge >= 0.3 is 39.5 Å². The maximum Gasteiger partial charge on any atom is 0.472 e. The normalized spacial score (nSPS) is 14.3. The van der Waals surface area contributed by atoms with E-state index in [-0.39, 0.29) is 25.7 Å². The van der Waals surface area contributed by atoms with Crippen LogP contribution in [0.5, 0.6) is 0 Å². The van der Waals surface area contributed by atoms with Crippen molar-refractivity contribution in [2.24, 2.45) is 17.8 Å². The molecule has 0 aliphatic carbocycles. The van der Waals surface area contributed by atoms with Crippen molar-refractivity contribution in [2.45, 2.75) is 414 Å². The van der Waals surface area contributed by atoms with Gasteiger partial charge in [-0.1, -0.05) is 344 Å². The number of ether oxygens (including phenoxy) is 4. The van der Waals surface area contributed by atoms with E-state index in [1.165, 1.54) is 193 Å². The van der Waals surface area contributed by atoms with Crippen LogP contribution in [-0.2, 0) is 65.4 Å². The van der Waals surface area contributed by atoms with Gasteiger partial charge in [-0.05, 0) is 43.4 Å². The lowest BCUT2D eigenvalue weighted by Gasteiger charge is -2.21. The maximum absolute atomic E-state index is 13.1. The molecule has 0 radical (unpaired) electrons. The molecular formula is C77H150O17P2. The topological polar surface area (TPSA) is 237 Å². The monoisotopic (exact) mass is 1410 g/mol. The quantitative estimate of drug-likeness (QED) is 0.0222. The Bertz CT molecular complexity index is 1870. The molecule has 0 aromatic carbocycles. The van der Waals surface area contributed by atoms with Gasteiger partial charge in [0.15, 0.2) is 12.2 Å². The van der Waals surface area contributed by atoms with Crippen molar-refractivity contribution in [1.82, 2.24) is 0 Å². The van der Waals surface area contributed by atoms with E-state index in [1.54, 1.807) is 0 Å². The minimum atomic E-state index is -4.96. The second kappa shape index (κ2) is 67.5. The van der Waals surface area contributed by atoms with Gasteiger partial charge in [0.05, 0.1) is 26.4 Å². The molecule has 17 nitrogen and oxygen atoms in total. The van der Waals surface area contributed by atoms with Gasteiger partial charge in [0.1, 0.15) is 19.3 Å². The highest BCUT2D eigenvalue weighted by Crippen LogP contribution is 2.45. The molecule has 0 aromatic rings. The molecule has 0 aliphatic rings. The number of phosphoric acid groups is 2. The van der Waals surface area contributed by atoms with Gasteiger partial charge in [0.25, 0.3) is 0 Å². The molecular weight excluding hydrogens is 1260 g/mol. The Morgan fingerprint density at radius 1 is 0.302 bits per heavy atom. The molecule has 6 atom stereocenters. The third-order valence-corrected chi connectivity index (χ3v) is 20.1. The van der Waals surface area contributed by atoms with Crippen LogP contribution in [0.2, 0.25) is 0 Å². The van der Waals surface area contributed by atoms with E-state index in [1.807, 2.05) is 0 Å². The number of hydrogen-bond donors (Lipinski definition) is 3. The Kier molecular flexibility index (Phi) is 66.2. The fraction of sp³-hybridized carbons (Fsp3) is 0.948. The van der Waals surface area contributed by atoms with Gasteiger partial charge in [0.2, 0.25) is 0 Å². The Labute approximate surface area is 588 Å². The average molecular weight is 1410 g/mol.